The van der Waals surface area contributed by atoms with Crippen LogP contribution in [0.3, 0.4) is 0 Å². The number of hydrogen-bond donors (Lipinski definition) is 0. The zero-order chi connectivity index (χ0) is 7.40. The number of hydrogen-bond acceptors (Lipinski definition) is 2. The lowest BCUT2D eigenvalue weighted by Gasteiger charge is -2.10. The van der Waals surface area contributed by atoms with E-state index in [1.807, 2.05) is 6.08 Å². The first kappa shape index (κ1) is 7.30. The molecule has 0 radical (unpaired) electrons. The third-order valence-corrected chi connectivity index (χ3v) is 1.76. The van der Waals surface area contributed by atoms with E-state index in [0.717, 1.165) is 6.42 Å². The van der Waals surface area contributed by atoms with Crippen molar-refractivity contribution in [2.75, 3.05) is 13.1 Å². The molecule has 0 spiro atoms. The van der Waals surface area contributed by atoms with Crippen molar-refractivity contribution < 1.29 is 0 Å². The molecule has 10 heavy (non-hydrogen) atoms. The first-order chi connectivity index (χ1) is 4.88. The molecule has 2 nitrogen and oxygen atoms in total. The molecular formula is C8H12N2. The molecule has 1 aliphatic rings. The van der Waals surface area contributed by atoms with Crippen LogP contribution in [-0.2, 0) is 0 Å². The van der Waals surface area contributed by atoms with E-state index in [4.69, 9.17) is 5.26 Å². The molecule has 0 aliphatic carbocycles. The van der Waals surface area contributed by atoms with Crippen molar-refractivity contribution in [2.45, 2.75) is 18.9 Å². The standard InChI is InChI=1S/C8H12N2/c1-2-3-8(4-5-9)10-6-7-10/h2,8H,1,3-4,6-7H2. The zero-order valence-corrected chi connectivity index (χ0v) is 6.08. The molecule has 2 heteroatoms. The molecule has 1 aliphatic heterocycles. The van der Waals surface area contributed by atoms with Crippen molar-refractivity contribution in [1.82, 2.24) is 4.90 Å². The van der Waals surface area contributed by atoms with Gasteiger partial charge in [0.1, 0.15) is 0 Å². The van der Waals surface area contributed by atoms with Gasteiger partial charge < -0.3 is 0 Å². The molecule has 1 unspecified atom stereocenters. The molecule has 1 fully saturated rings. The van der Waals surface area contributed by atoms with Crippen molar-refractivity contribution in [3.05, 3.63) is 12.7 Å². The minimum atomic E-state index is 0.447. The van der Waals surface area contributed by atoms with Gasteiger partial charge in [-0.2, -0.15) is 5.26 Å². The number of rotatable bonds is 4. The SMILES string of the molecule is C=CCC(CC#N)N1CC1. The summed E-state index contributed by atoms with van der Waals surface area (Å²) in [7, 11) is 0. The second kappa shape index (κ2) is 3.38. The molecule has 0 aromatic carbocycles. The van der Waals surface area contributed by atoms with Crippen LogP contribution in [0.25, 0.3) is 0 Å². The van der Waals surface area contributed by atoms with Crippen LogP contribution in [0.1, 0.15) is 12.8 Å². The van der Waals surface area contributed by atoms with Gasteiger partial charge in [-0.25, -0.2) is 0 Å². The molecule has 1 atom stereocenters. The average Bonchev–Trinajstić information content (AvgIpc) is 2.69. The summed E-state index contributed by atoms with van der Waals surface area (Å²) in [6.07, 6.45) is 3.49. The predicted octanol–water partition coefficient (Wildman–Crippen LogP) is 1.16. The maximum Gasteiger partial charge on any atom is 0.0638 e. The highest BCUT2D eigenvalue weighted by atomic mass is 15.3. The zero-order valence-electron chi connectivity index (χ0n) is 6.08. The highest BCUT2D eigenvalue weighted by Crippen LogP contribution is 2.16. The van der Waals surface area contributed by atoms with Gasteiger partial charge in [-0.15, -0.1) is 6.58 Å². The summed E-state index contributed by atoms with van der Waals surface area (Å²) in [5, 5.41) is 8.43. The van der Waals surface area contributed by atoms with Gasteiger partial charge in [-0.05, 0) is 6.42 Å². The van der Waals surface area contributed by atoms with Crippen molar-refractivity contribution in [3.8, 4) is 6.07 Å². The molecule has 0 aromatic heterocycles. The quantitative estimate of drug-likeness (QED) is 0.428. The average molecular weight is 136 g/mol. The lowest BCUT2D eigenvalue weighted by molar-refractivity contribution is 0.407. The Kier molecular flexibility index (Phi) is 2.47. The fraction of sp³-hybridized carbons (Fsp3) is 0.625. The highest BCUT2D eigenvalue weighted by molar-refractivity contribution is 4.92. The summed E-state index contributed by atoms with van der Waals surface area (Å²) in [6, 6.07) is 2.63. The van der Waals surface area contributed by atoms with Gasteiger partial charge >= 0.3 is 0 Å². The summed E-state index contributed by atoms with van der Waals surface area (Å²) in [5.74, 6) is 0. The second-order valence-electron chi connectivity index (χ2n) is 2.58. The summed E-state index contributed by atoms with van der Waals surface area (Å²) in [6.45, 7) is 5.99. The molecule has 54 valence electrons. The van der Waals surface area contributed by atoms with Gasteiger partial charge in [0.15, 0.2) is 0 Å². The van der Waals surface area contributed by atoms with Crippen LogP contribution in [0.4, 0.5) is 0 Å². The largest absolute Gasteiger partial charge is 0.297 e. The van der Waals surface area contributed by atoms with Gasteiger partial charge in [0, 0.05) is 19.1 Å². The molecule has 0 saturated carbocycles. The van der Waals surface area contributed by atoms with Crippen LogP contribution in [0.15, 0.2) is 12.7 Å². The second-order valence-corrected chi connectivity index (χ2v) is 2.58. The van der Waals surface area contributed by atoms with Crippen LogP contribution >= 0.6 is 0 Å². The van der Waals surface area contributed by atoms with Crippen LogP contribution in [0, 0.1) is 11.3 Å². The Morgan fingerprint density at radius 3 is 2.80 bits per heavy atom. The first-order valence-electron chi connectivity index (χ1n) is 3.60. The van der Waals surface area contributed by atoms with E-state index in [-0.39, 0.29) is 0 Å². The Balaban J connectivity index is 2.27. The fourth-order valence-corrected chi connectivity index (χ4v) is 1.08. The lowest BCUT2D eigenvalue weighted by atomic mass is 10.1. The van der Waals surface area contributed by atoms with Crippen LogP contribution in [0.5, 0.6) is 0 Å². The first-order valence-corrected chi connectivity index (χ1v) is 3.60. The van der Waals surface area contributed by atoms with E-state index in [1.165, 1.54) is 13.1 Å². The maximum atomic E-state index is 8.43. The van der Waals surface area contributed by atoms with Crippen molar-refractivity contribution >= 4 is 0 Å². The van der Waals surface area contributed by atoms with E-state index in [2.05, 4.69) is 17.5 Å². The van der Waals surface area contributed by atoms with E-state index in [0.29, 0.717) is 12.5 Å². The highest BCUT2D eigenvalue weighted by Gasteiger charge is 2.25. The van der Waals surface area contributed by atoms with Crippen LogP contribution in [0.2, 0.25) is 0 Å². The molecule has 1 saturated heterocycles. The minimum Gasteiger partial charge on any atom is -0.297 e. The van der Waals surface area contributed by atoms with Crippen molar-refractivity contribution in [1.29, 1.82) is 5.26 Å². The van der Waals surface area contributed by atoms with Gasteiger partial charge in [0.05, 0.1) is 12.5 Å². The van der Waals surface area contributed by atoms with Gasteiger partial charge in [-0.3, -0.25) is 4.90 Å². The summed E-state index contributed by atoms with van der Waals surface area (Å²) < 4.78 is 0. The molecule has 0 amide bonds. The Hall–Kier alpha value is -0.810. The van der Waals surface area contributed by atoms with Crippen molar-refractivity contribution in [3.63, 3.8) is 0 Å². The Labute approximate surface area is 61.8 Å². The van der Waals surface area contributed by atoms with E-state index in [1.54, 1.807) is 0 Å². The predicted molar refractivity (Wildman–Crippen MR) is 40.4 cm³/mol. The molecule has 0 bridgehead atoms. The van der Waals surface area contributed by atoms with E-state index >= 15 is 0 Å². The molecular weight excluding hydrogens is 124 g/mol. The Morgan fingerprint density at radius 1 is 1.70 bits per heavy atom. The summed E-state index contributed by atoms with van der Waals surface area (Å²) >= 11 is 0. The summed E-state index contributed by atoms with van der Waals surface area (Å²) in [5.41, 5.74) is 0. The Bertz CT molecular complexity index is 153. The van der Waals surface area contributed by atoms with Gasteiger partial charge in [0.25, 0.3) is 0 Å². The summed E-state index contributed by atoms with van der Waals surface area (Å²) in [4.78, 5) is 2.30. The van der Waals surface area contributed by atoms with Crippen LogP contribution < -0.4 is 0 Å². The van der Waals surface area contributed by atoms with E-state index in [9.17, 15) is 0 Å². The molecule has 1 rings (SSSR count). The molecule has 1 heterocycles. The minimum absolute atomic E-state index is 0.447. The van der Waals surface area contributed by atoms with E-state index < -0.39 is 0 Å². The Morgan fingerprint density at radius 2 is 2.40 bits per heavy atom. The number of nitrogens with zero attached hydrogens (tertiary/aromatic N) is 2. The van der Waals surface area contributed by atoms with Crippen LogP contribution in [-0.4, -0.2) is 24.0 Å². The molecule has 0 aromatic rings. The van der Waals surface area contributed by atoms with Crippen molar-refractivity contribution in [2.24, 2.45) is 0 Å². The van der Waals surface area contributed by atoms with Gasteiger partial charge in [-0.1, -0.05) is 6.08 Å². The smallest absolute Gasteiger partial charge is 0.0638 e. The normalized spacial score (nSPS) is 19.5. The topological polar surface area (TPSA) is 26.8 Å². The fourth-order valence-electron chi connectivity index (χ4n) is 1.08. The third-order valence-electron chi connectivity index (χ3n) is 1.76. The molecule has 0 N–H and O–H groups in total. The third kappa shape index (κ3) is 1.85. The maximum absolute atomic E-state index is 8.43. The number of nitriles is 1. The van der Waals surface area contributed by atoms with Gasteiger partial charge in [0.2, 0.25) is 0 Å². The monoisotopic (exact) mass is 136 g/mol. The lowest BCUT2D eigenvalue weighted by Crippen LogP contribution is -2.16.